The maximum atomic E-state index is 4.43. The second-order valence-corrected chi connectivity index (χ2v) is 4.44. The molecule has 3 heteroatoms. The van der Waals surface area contributed by atoms with E-state index in [1.165, 1.54) is 10.7 Å². The van der Waals surface area contributed by atoms with Gasteiger partial charge in [0, 0.05) is 17.3 Å². The fourth-order valence-corrected chi connectivity index (χ4v) is 2.18. The number of aliphatic imine (C=N–C) groups is 1. The van der Waals surface area contributed by atoms with E-state index in [9.17, 15) is 0 Å². The average molecular weight is 194 g/mol. The molecule has 1 aromatic rings. The number of hydrogen-bond donors (Lipinski definition) is 1. The normalized spacial score (nSPS) is 21.3. The molecule has 0 spiro atoms. The minimum Gasteiger partial charge on any atom is -0.370 e. The van der Waals surface area contributed by atoms with Crippen LogP contribution in [0.3, 0.4) is 0 Å². The molecule has 1 aliphatic heterocycles. The summed E-state index contributed by atoms with van der Waals surface area (Å²) in [5.41, 5.74) is 0. The van der Waals surface area contributed by atoms with Gasteiger partial charge in [0.15, 0.2) is 0 Å². The Balaban J connectivity index is 1.81. The molecule has 1 atom stereocenters. The predicted molar refractivity (Wildman–Crippen MR) is 57.5 cm³/mol. The lowest BCUT2D eigenvalue weighted by molar-refractivity contribution is 0.720. The van der Waals surface area contributed by atoms with Crippen LogP contribution < -0.4 is 5.32 Å². The molecule has 0 unspecified atom stereocenters. The van der Waals surface area contributed by atoms with Crippen molar-refractivity contribution in [1.82, 2.24) is 5.32 Å². The fraction of sp³-hybridized carbons (Fsp3) is 0.500. The van der Waals surface area contributed by atoms with Gasteiger partial charge in [0.25, 0.3) is 0 Å². The molecule has 1 aromatic heterocycles. The summed E-state index contributed by atoms with van der Waals surface area (Å²) in [6.45, 7) is 3.11. The standard InChI is InChI=1S/C10H14N2S/c1-8-7-11-10(12-8)5-4-9-3-2-6-13-9/h2-3,6,8H,4-5,7H2,1H3,(H,11,12)/t8-/m0/s1. The average Bonchev–Trinajstić information content (AvgIpc) is 2.71. The number of nitrogens with zero attached hydrogens (tertiary/aromatic N) is 1. The second-order valence-electron chi connectivity index (χ2n) is 3.41. The highest BCUT2D eigenvalue weighted by Crippen LogP contribution is 2.11. The number of amidine groups is 1. The Morgan fingerprint density at radius 3 is 3.15 bits per heavy atom. The molecule has 1 N–H and O–H groups in total. The first-order valence-corrected chi connectivity index (χ1v) is 5.55. The minimum atomic E-state index is 0.540. The molecule has 0 aromatic carbocycles. The highest BCUT2D eigenvalue weighted by Gasteiger charge is 2.11. The molecule has 0 bridgehead atoms. The first kappa shape index (κ1) is 8.75. The fourth-order valence-electron chi connectivity index (χ4n) is 1.47. The lowest BCUT2D eigenvalue weighted by Gasteiger charge is -2.04. The van der Waals surface area contributed by atoms with Gasteiger partial charge in [0.2, 0.25) is 0 Å². The smallest absolute Gasteiger partial charge is 0.0970 e. The number of aryl methyl sites for hydroxylation is 1. The summed E-state index contributed by atoms with van der Waals surface area (Å²) in [5, 5.41) is 5.50. The van der Waals surface area contributed by atoms with Gasteiger partial charge in [0.05, 0.1) is 12.4 Å². The van der Waals surface area contributed by atoms with Crippen molar-refractivity contribution < 1.29 is 0 Å². The quantitative estimate of drug-likeness (QED) is 0.782. The molecule has 0 fully saturated rings. The number of thiophene rings is 1. The summed E-state index contributed by atoms with van der Waals surface area (Å²) in [6.07, 6.45) is 2.18. The van der Waals surface area contributed by atoms with Gasteiger partial charge in [-0.3, -0.25) is 4.99 Å². The van der Waals surface area contributed by atoms with E-state index in [-0.39, 0.29) is 0 Å². The lowest BCUT2D eigenvalue weighted by Crippen LogP contribution is -2.27. The highest BCUT2D eigenvalue weighted by molar-refractivity contribution is 7.09. The van der Waals surface area contributed by atoms with Crippen LogP contribution in [0.5, 0.6) is 0 Å². The van der Waals surface area contributed by atoms with Crippen LogP contribution in [0.2, 0.25) is 0 Å². The summed E-state index contributed by atoms with van der Waals surface area (Å²) >= 11 is 1.82. The Morgan fingerprint density at radius 2 is 2.54 bits per heavy atom. The zero-order chi connectivity index (χ0) is 9.10. The first-order valence-electron chi connectivity index (χ1n) is 4.67. The van der Waals surface area contributed by atoms with E-state index in [4.69, 9.17) is 0 Å². The Hall–Kier alpha value is -0.830. The van der Waals surface area contributed by atoms with Crippen LogP contribution in [0.15, 0.2) is 22.5 Å². The molecule has 1 aliphatic rings. The molecule has 13 heavy (non-hydrogen) atoms. The summed E-state index contributed by atoms with van der Waals surface area (Å²) in [6, 6.07) is 4.83. The van der Waals surface area contributed by atoms with E-state index >= 15 is 0 Å². The van der Waals surface area contributed by atoms with Crippen LogP contribution >= 0.6 is 11.3 Å². The van der Waals surface area contributed by atoms with Gasteiger partial charge in [-0.2, -0.15) is 0 Å². The van der Waals surface area contributed by atoms with Gasteiger partial charge in [-0.25, -0.2) is 0 Å². The molecular weight excluding hydrogens is 180 g/mol. The summed E-state index contributed by atoms with van der Waals surface area (Å²) in [5.74, 6) is 1.18. The molecular formula is C10H14N2S. The number of hydrogen-bond acceptors (Lipinski definition) is 3. The summed E-state index contributed by atoms with van der Waals surface area (Å²) in [4.78, 5) is 5.87. The predicted octanol–water partition coefficient (Wildman–Crippen LogP) is 2.07. The van der Waals surface area contributed by atoms with Gasteiger partial charge in [-0.1, -0.05) is 6.07 Å². The third kappa shape index (κ3) is 2.31. The van der Waals surface area contributed by atoms with E-state index in [0.29, 0.717) is 6.04 Å². The zero-order valence-electron chi connectivity index (χ0n) is 7.79. The highest BCUT2D eigenvalue weighted by atomic mass is 32.1. The van der Waals surface area contributed by atoms with Gasteiger partial charge in [0.1, 0.15) is 0 Å². The van der Waals surface area contributed by atoms with Gasteiger partial charge in [-0.15, -0.1) is 11.3 Å². The van der Waals surface area contributed by atoms with Gasteiger partial charge < -0.3 is 5.32 Å². The zero-order valence-corrected chi connectivity index (χ0v) is 8.60. The molecule has 2 rings (SSSR count). The molecule has 0 aliphatic carbocycles. The van der Waals surface area contributed by atoms with E-state index in [1.807, 2.05) is 11.3 Å². The van der Waals surface area contributed by atoms with Crippen LogP contribution in [0.25, 0.3) is 0 Å². The third-order valence-corrected chi connectivity index (χ3v) is 3.09. The number of rotatable bonds is 3. The molecule has 2 nitrogen and oxygen atoms in total. The van der Waals surface area contributed by atoms with Crippen molar-refractivity contribution in [1.29, 1.82) is 0 Å². The van der Waals surface area contributed by atoms with Crippen LogP contribution in [0.1, 0.15) is 18.2 Å². The minimum absolute atomic E-state index is 0.540. The van der Waals surface area contributed by atoms with E-state index in [1.54, 1.807) is 0 Å². The van der Waals surface area contributed by atoms with Gasteiger partial charge in [-0.05, 0) is 24.8 Å². The molecule has 0 saturated heterocycles. The molecule has 0 radical (unpaired) electrons. The van der Waals surface area contributed by atoms with Crippen molar-refractivity contribution in [3.05, 3.63) is 22.4 Å². The lowest BCUT2D eigenvalue weighted by atomic mass is 10.2. The Morgan fingerprint density at radius 1 is 1.62 bits per heavy atom. The van der Waals surface area contributed by atoms with Crippen molar-refractivity contribution >= 4 is 17.2 Å². The van der Waals surface area contributed by atoms with Gasteiger partial charge >= 0.3 is 0 Å². The Bertz CT molecular complexity index is 290. The van der Waals surface area contributed by atoms with Crippen molar-refractivity contribution in [3.8, 4) is 0 Å². The molecule has 0 saturated carbocycles. The van der Waals surface area contributed by atoms with E-state index in [2.05, 4.69) is 34.7 Å². The Labute approximate surface area is 82.7 Å². The Kier molecular flexibility index (Phi) is 2.64. The van der Waals surface area contributed by atoms with E-state index < -0.39 is 0 Å². The van der Waals surface area contributed by atoms with Crippen molar-refractivity contribution in [2.45, 2.75) is 25.8 Å². The maximum absolute atomic E-state index is 4.43. The number of nitrogens with one attached hydrogen (secondary N) is 1. The SMILES string of the molecule is C[C@H]1CN=C(CCc2cccs2)N1. The third-order valence-electron chi connectivity index (χ3n) is 2.16. The van der Waals surface area contributed by atoms with Crippen molar-refractivity contribution in [3.63, 3.8) is 0 Å². The monoisotopic (exact) mass is 194 g/mol. The topological polar surface area (TPSA) is 24.4 Å². The van der Waals surface area contributed by atoms with E-state index in [0.717, 1.165) is 19.4 Å². The first-order chi connectivity index (χ1) is 6.34. The van der Waals surface area contributed by atoms with Crippen LogP contribution in [0, 0.1) is 0 Å². The molecule has 0 amide bonds. The maximum Gasteiger partial charge on any atom is 0.0970 e. The van der Waals surface area contributed by atoms with Crippen LogP contribution in [-0.4, -0.2) is 18.4 Å². The van der Waals surface area contributed by atoms with Crippen molar-refractivity contribution in [2.24, 2.45) is 4.99 Å². The van der Waals surface area contributed by atoms with Crippen molar-refractivity contribution in [2.75, 3.05) is 6.54 Å². The summed E-state index contributed by atoms with van der Waals surface area (Å²) < 4.78 is 0. The molecule has 2 heterocycles. The molecule has 70 valence electrons. The second kappa shape index (κ2) is 3.92. The van der Waals surface area contributed by atoms with Crippen LogP contribution in [0.4, 0.5) is 0 Å². The van der Waals surface area contributed by atoms with Crippen LogP contribution in [-0.2, 0) is 6.42 Å². The largest absolute Gasteiger partial charge is 0.370 e. The summed E-state index contributed by atoms with van der Waals surface area (Å²) in [7, 11) is 0.